The van der Waals surface area contributed by atoms with Crippen LogP contribution in [0.2, 0.25) is 0 Å². The molecule has 0 spiro atoms. The molecule has 0 saturated carbocycles. The van der Waals surface area contributed by atoms with E-state index in [9.17, 15) is 45.6 Å². The van der Waals surface area contributed by atoms with Gasteiger partial charge in [0.2, 0.25) is 5.91 Å². The van der Waals surface area contributed by atoms with Gasteiger partial charge in [-0.05, 0) is 19.3 Å². The van der Waals surface area contributed by atoms with Gasteiger partial charge in [0.25, 0.3) is 0 Å². The van der Waals surface area contributed by atoms with Gasteiger partial charge in [-0.15, -0.1) is 0 Å². The molecule has 0 bridgehead atoms. The van der Waals surface area contributed by atoms with Crippen LogP contribution in [-0.2, 0) is 23.7 Å². The molecule has 0 aliphatic carbocycles. The quantitative estimate of drug-likeness (QED) is 0.0292. The van der Waals surface area contributed by atoms with E-state index >= 15 is 0 Å². The molecule has 0 aromatic rings. The number of hydrogen-bond donors (Lipinski definition) is 9. The van der Waals surface area contributed by atoms with Gasteiger partial charge in [-0.25, -0.2) is 0 Å². The molecule has 2 aliphatic rings. The van der Waals surface area contributed by atoms with Crippen LogP contribution in [-0.4, -0.2) is 140 Å². The molecule has 14 heteroatoms. The molecule has 2 unspecified atom stereocenters. The summed E-state index contributed by atoms with van der Waals surface area (Å²) in [4.78, 5) is 13.1. The zero-order chi connectivity index (χ0) is 44.0. The van der Waals surface area contributed by atoms with E-state index in [2.05, 4.69) is 19.2 Å². The summed E-state index contributed by atoms with van der Waals surface area (Å²) in [6, 6.07) is -0.906. The molecule has 0 aromatic heterocycles. The molecule has 1 amide bonds. The summed E-state index contributed by atoms with van der Waals surface area (Å²) >= 11 is 0. The molecule has 9 N–H and O–H groups in total. The minimum atomic E-state index is -1.78. The topological polar surface area (TPSA) is 228 Å². The van der Waals surface area contributed by atoms with Crippen LogP contribution in [0.5, 0.6) is 0 Å². The summed E-state index contributed by atoms with van der Waals surface area (Å²) in [6.45, 7) is 2.77. The third-order valence-corrected chi connectivity index (χ3v) is 12.0. The smallest absolute Gasteiger partial charge is 0.220 e. The molecule has 14 nitrogen and oxygen atoms in total. The second-order valence-electron chi connectivity index (χ2n) is 17.2. The highest BCUT2D eigenvalue weighted by Gasteiger charge is 2.51. The van der Waals surface area contributed by atoms with E-state index in [0.29, 0.717) is 6.42 Å². The van der Waals surface area contributed by atoms with E-state index < -0.39 is 86.8 Å². The van der Waals surface area contributed by atoms with Crippen molar-refractivity contribution in [2.75, 3.05) is 19.8 Å². The van der Waals surface area contributed by atoms with Crippen molar-refractivity contribution in [3.63, 3.8) is 0 Å². The number of nitrogens with one attached hydrogen (secondary N) is 1. The van der Waals surface area contributed by atoms with Crippen molar-refractivity contribution in [1.82, 2.24) is 5.32 Å². The van der Waals surface area contributed by atoms with E-state index in [-0.39, 0.29) is 18.9 Å². The Labute approximate surface area is 361 Å². The zero-order valence-electron chi connectivity index (χ0n) is 37.2. The van der Waals surface area contributed by atoms with Crippen LogP contribution in [0.4, 0.5) is 0 Å². The number of unbranched alkanes of at least 4 members (excludes halogenated alkanes) is 23. The highest BCUT2D eigenvalue weighted by atomic mass is 16.7. The van der Waals surface area contributed by atoms with Crippen LogP contribution >= 0.6 is 0 Å². The Morgan fingerprint density at radius 3 is 1.53 bits per heavy atom. The molecule has 60 heavy (non-hydrogen) atoms. The molecular formula is C46H87NO13. The Bertz CT molecular complexity index is 1070. The maximum atomic E-state index is 13.1. The number of rotatable bonds is 36. The number of aliphatic hydroxyl groups excluding tert-OH is 8. The standard InChI is InChI=1S/C46H87NO13/c1-3-5-7-9-11-13-15-17-19-21-23-25-27-29-35(50)34(47-38(51)30-28-26-24-22-20-18-16-14-12-10-8-6-4-2)33-57-45-43(56)41(54)44(37(32-49)59-45)60-46-42(55)40(53)39(52)36(31-48)58-46/h27,29,34-37,39-46,48-50,52-56H,3-26,28,30-33H2,1-2H3,(H,47,51)/t34?,35?,36-,37-,39+,40+,41-,42-,43-,44+,45-,46-/m1/s1. The summed E-state index contributed by atoms with van der Waals surface area (Å²) < 4.78 is 22.6. The largest absolute Gasteiger partial charge is 0.394 e. The maximum absolute atomic E-state index is 13.1. The van der Waals surface area contributed by atoms with Gasteiger partial charge in [-0.2, -0.15) is 0 Å². The predicted octanol–water partition coefficient (Wildman–Crippen LogP) is 5.21. The van der Waals surface area contributed by atoms with Gasteiger partial charge in [-0.1, -0.05) is 167 Å². The van der Waals surface area contributed by atoms with E-state index in [1.165, 1.54) is 116 Å². The number of carbonyl (C=O) groups is 1. The van der Waals surface area contributed by atoms with Crippen LogP contribution in [0, 0.1) is 0 Å². The van der Waals surface area contributed by atoms with Crippen molar-refractivity contribution in [1.29, 1.82) is 0 Å². The number of ether oxygens (including phenoxy) is 4. The molecule has 2 rings (SSSR count). The summed E-state index contributed by atoms with van der Waals surface area (Å²) in [5.74, 6) is -0.240. The fourth-order valence-corrected chi connectivity index (χ4v) is 8.00. The minimum absolute atomic E-state index is 0.240. The first-order valence-electron chi connectivity index (χ1n) is 23.9. The molecule has 0 aromatic carbocycles. The molecule has 354 valence electrons. The highest BCUT2D eigenvalue weighted by Crippen LogP contribution is 2.30. The Kier molecular flexibility index (Phi) is 31.3. The number of carbonyl (C=O) groups excluding carboxylic acids is 1. The lowest BCUT2D eigenvalue weighted by atomic mass is 9.97. The van der Waals surface area contributed by atoms with Crippen LogP contribution in [0.1, 0.15) is 181 Å². The first-order valence-corrected chi connectivity index (χ1v) is 23.9. The molecule has 2 saturated heterocycles. The number of allylic oxidation sites excluding steroid dienone is 1. The number of hydrogen-bond acceptors (Lipinski definition) is 13. The molecule has 2 aliphatic heterocycles. The predicted molar refractivity (Wildman–Crippen MR) is 231 cm³/mol. The summed E-state index contributed by atoms with van der Waals surface area (Å²) in [5, 5.41) is 86.5. The average Bonchev–Trinajstić information content (AvgIpc) is 3.24. The molecule has 0 radical (unpaired) electrons. The molecule has 2 heterocycles. The van der Waals surface area contributed by atoms with Crippen molar-refractivity contribution in [2.24, 2.45) is 0 Å². The van der Waals surface area contributed by atoms with Gasteiger partial charge in [0.05, 0.1) is 32.0 Å². The van der Waals surface area contributed by atoms with Crippen molar-refractivity contribution in [2.45, 2.75) is 254 Å². The number of amides is 1. The lowest BCUT2D eigenvalue weighted by Crippen LogP contribution is -2.65. The minimum Gasteiger partial charge on any atom is -0.394 e. The monoisotopic (exact) mass is 862 g/mol. The van der Waals surface area contributed by atoms with E-state index in [1.807, 2.05) is 6.08 Å². The van der Waals surface area contributed by atoms with Crippen LogP contribution in [0.3, 0.4) is 0 Å². The second-order valence-corrected chi connectivity index (χ2v) is 17.2. The first kappa shape index (κ1) is 54.9. The SMILES string of the molecule is CCCCCCCCCCCCCC=CC(O)C(CO[C@@H]1O[C@H](CO)[C@H](O[C@H]2O[C@H](CO)[C@H](O)[C@H](O)[C@H]2O)[C@H](O)[C@H]1O)NC(=O)CCCCCCCCCCCCCCC. The van der Waals surface area contributed by atoms with Crippen molar-refractivity contribution >= 4 is 5.91 Å². The first-order chi connectivity index (χ1) is 29.1. The Morgan fingerprint density at radius 2 is 1.03 bits per heavy atom. The van der Waals surface area contributed by atoms with Gasteiger partial charge in [0.15, 0.2) is 12.6 Å². The Balaban J connectivity index is 1.89. The van der Waals surface area contributed by atoms with E-state index in [0.717, 1.165) is 38.5 Å². The highest BCUT2D eigenvalue weighted by molar-refractivity contribution is 5.76. The molecular weight excluding hydrogens is 774 g/mol. The lowest BCUT2D eigenvalue weighted by molar-refractivity contribution is -0.359. The second kappa shape index (κ2) is 34.2. The third kappa shape index (κ3) is 21.9. The summed E-state index contributed by atoms with van der Waals surface area (Å²) in [6.07, 6.45) is 16.8. The maximum Gasteiger partial charge on any atom is 0.220 e. The Morgan fingerprint density at radius 1 is 0.583 bits per heavy atom. The van der Waals surface area contributed by atoms with Crippen molar-refractivity contribution in [3.05, 3.63) is 12.2 Å². The van der Waals surface area contributed by atoms with Crippen LogP contribution in [0.15, 0.2) is 12.2 Å². The van der Waals surface area contributed by atoms with Gasteiger partial charge in [0, 0.05) is 6.42 Å². The van der Waals surface area contributed by atoms with E-state index in [4.69, 9.17) is 18.9 Å². The van der Waals surface area contributed by atoms with Gasteiger partial charge >= 0.3 is 0 Å². The van der Waals surface area contributed by atoms with Gasteiger partial charge in [-0.3, -0.25) is 4.79 Å². The van der Waals surface area contributed by atoms with Crippen LogP contribution < -0.4 is 5.32 Å². The van der Waals surface area contributed by atoms with Gasteiger partial charge in [0.1, 0.15) is 48.8 Å². The lowest BCUT2D eigenvalue weighted by Gasteiger charge is -2.46. The Hall–Kier alpha value is -1.27. The van der Waals surface area contributed by atoms with Crippen molar-refractivity contribution < 1.29 is 64.6 Å². The fourth-order valence-electron chi connectivity index (χ4n) is 8.00. The number of aliphatic hydroxyl groups is 8. The summed E-state index contributed by atoms with van der Waals surface area (Å²) in [7, 11) is 0. The third-order valence-electron chi connectivity index (χ3n) is 12.0. The average molecular weight is 862 g/mol. The fraction of sp³-hybridized carbons (Fsp3) is 0.935. The molecule has 12 atom stereocenters. The molecule has 2 fully saturated rings. The summed E-state index contributed by atoms with van der Waals surface area (Å²) in [5.41, 5.74) is 0. The zero-order valence-corrected chi connectivity index (χ0v) is 37.2. The van der Waals surface area contributed by atoms with Crippen LogP contribution in [0.25, 0.3) is 0 Å². The van der Waals surface area contributed by atoms with Gasteiger partial charge < -0.3 is 65.1 Å². The van der Waals surface area contributed by atoms with E-state index in [1.54, 1.807) is 6.08 Å². The normalized spacial score (nSPS) is 28.3. The van der Waals surface area contributed by atoms with Crippen molar-refractivity contribution in [3.8, 4) is 0 Å².